The molecule has 1 N–H and O–H groups in total. The molecule has 2 atom stereocenters. The van der Waals surface area contributed by atoms with E-state index in [1.807, 2.05) is 0 Å². The van der Waals surface area contributed by atoms with Crippen molar-refractivity contribution in [1.82, 2.24) is 0 Å². The molecule has 2 unspecified atom stereocenters. The van der Waals surface area contributed by atoms with E-state index in [1.165, 1.54) is 18.6 Å². The Morgan fingerprint density at radius 3 is 2.26 bits per heavy atom. The lowest BCUT2D eigenvalue weighted by Crippen LogP contribution is -2.16. The summed E-state index contributed by atoms with van der Waals surface area (Å²) in [6, 6.07) is 3.44. The fraction of sp³-hybridized carbons (Fsp3) is 0.625. The van der Waals surface area contributed by atoms with Gasteiger partial charge in [0.05, 0.1) is 6.10 Å². The topological polar surface area (TPSA) is 20.2 Å². The largest absolute Gasteiger partial charge is 0.393 e. The summed E-state index contributed by atoms with van der Waals surface area (Å²) in [6.07, 6.45) is 4.96. The smallest absolute Gasteiger partial charge is 0.126 e. The highest BCUT2D eigenvalue weighted by Gasteiger charge is 2.14. The minimum atomic E-state index is -0.583. The van der Waals surface area contributed by atoms with Crippen LogP contribution >= 0.6 is 0 Å². The van der Waals surface area contributed by atoms with Crippen LogP contribution in [0, 0.1) is 17.6 Å². The van der Waals surface area contributed by atoms with E-state index < -0.39 is 17.7 Å². The molecule has 0 heterocycles. The molecule has 1 aromatic carbocycles. The summed E-state index contributed by atoms with van der Waals surface area (Å²) in [5.74, 6) is -0.672. The zero-order valence-electron chi connectivity index (χ0n) is 11.8. The molecule has 1 nitrogen and oxygen atoms in total. The third kappa shape index (κ3) is 6.15. The first-order valence-corrected chi connectivity index (χ1v) is 7.18. The zero-order valence-corrected chi connectivity index (χ0v) is 11.8. The van der Waals surface area contributed by atoms with Crippen LogP contribution in [-0.2, 0) is 6.42 Å². The number of aliphatic hydroxyl groups is 1. The molecule has 0 aliphatic rings. The first-order chi connectivity index (χ1) is 9.05. The van der Waals surface area contributed by atoms with E-state index in [9.17, 15) is 13.9 Å². The quantitative estimate of drug-likeness (QED) is 0.738. The van der Waals surface area contributed by atoms with Crippen molar-refractivity contribution in [2.24, 2.45) is 5.92 Å². The minimum absolute atomic E-state index is 0.317. The average Bonchev–Trinajstić information content (AvgIpc) is 2.33. The summed E-state index contributed by atoms with van der Waals surface area (Å²) in [6.45, 7) is 4.27. The first-order valence-electron chi connectivity index (χ1n) is 7.18. The van der Waals surface area contributed by atoms with Crippen molar-refractivity contribution in [3.05, 3.63) is 35.4 Å². The number of hydrogen-bond acceptors (Lipinski definition) is 1. The van der Waals surface area contributed by atoms with Crippen LogP contribution in [0.2, 0.25) is 0 Å². The van der Waals surface area contributed by atoms with E-state index in [-0.39, 0.29) is 0 Å². The molecule has 19 heavy (non-hydrogen) atoms. The third-order valence-corrected chi connectivity index (χ3v) is 3.54. The molecule has 0 bridgehead atoms. The molecule has 0 amide bonds. The molecule has 108 valence electrons. The fourth-order valence-electron chi connectivity index (χ4n) is 2.45. The van der Waals surface area contributed by atoms with Crippen molar-refractivity contribution in [3.8, 4) is 0 Å². The Balaban J connectivity index is 2.51. The van der Waals surface area contributed by atoms with Crippen molar-refractivity contribution in [2.45, 2.75) is 58.5 Å². The van der Waals surface area contributed by atoms with Gasteiger partial charge >= 0.3 is 0 Å². The number of benzene rings is 1. The van der Waals surface area contributed by atoms with Gasteiger partial charge in [-0.15, -0.1) is 0 Å². The lowest BCUT2D eigenvalue weighted by Gasteiger charge is -2.19. The Morgan fingerprint density at radius 1 is 1.11 bits per heavy atom. The van der Waals surface area contributed by atoms with Gasteiger partial charge in [-0.2, -0.15) is 0 Å². The van der Waals surface area contributed by atoms with Gasteiger partial charge in [0, 0.05) is 6.07 Å². The summed E-state index contributed by atoms with van der Waals surface area (Å²) < 4.78 is 26.1. The molecule has 0 saturated heterocycles. The van der Waals surface area contributed by atoms with Crippen molar-refractivity contribution >= 4 is 0 Å². The van der Waals surface area contributed by atoms with Crippen LogP contribution < -0.4 is 0 Å². The number of halogens is 2. The highest BCUT2D eigenvalue weighted by atomic mass is 19.1. The van der Waals surface area contributed by atoms with Crippen LogP contribution in [-0.4, -0.2) is 11.2 Å². The molecule has 0 aliphatic heterocycles. The predicted octanol–water partition coefficient (Wildman–Crippen LogP) is 4.47. The minimum Gasteiger partial charge on any atom is -0.393 e. The maximum absolute atomic E-state index is 13.1. The molecule has 0 spiro atoms. The van der Waals surface area contributed by atoms with Crippen LogP contribution in [0.15, 0.2) is 18.2 Å². The van der Waals surface area contributed by atoms with Crippen molar-refractivity contribution in [2.75, 3.05) is 0 Å². The van der Waals surface area contributed by atoms with Gasteiger partial charge in [0.1, 0.15) is 11.6 Å². The molecule has 1 rings (SSSR count). The molecule has 0 saturated carbocycles. The van der Waals surface area contributed by atoms with Crippen LogP contribution in [0.1, 0.15) is 51.5 Å². The van der Waals surface area contributed by atoms with E-state index in [0.717, 1.165) is 25.3 Å². The van der Waals surface area contributed by atoms with E-state index in [2.05, 4.69) is 13.8 Å². The Morgan fingerprint density at radius 2 is 1.74 bits per heavy atom. The second kappa shape index (κ2) is 8.26. The molecular weight excluding hydrogens is 246 g/mol. The van der Waals surface area contributed by atoms with Gasteiger partial charge in [0.25, 0.3) is 0 Å². The highest BCUT2D eigenvalue weighted by molar-refractivity contribution is 5.18. The van der Waals surface area contributed by atoms with Crippen LogP contribution in [0.3, 0.4) is 0 Å². The van der Waals surface area contributed by atoms with E-state index in [4.69, 9.17) is 0 Å². The predicted molar refractivity (Wildman–Crippen MR) is 74.0 cm³/mol. The molecule has 0 aliphatic carbocycles. The second-order valence-electron chi connectivity index (χ2n) is 5.29. The average molecular weight is 270 g/mol. The number of aliphatic hydroxyl groups excluding tert-OH is 1. The first kappa shape index (κ1) is 16.1. The van der Waals surface area contributed by atoms with Gasteiger partial charge in [-0.05, 0) is 36.5 Å². The van der Waals surface area contributed by atoms with E-state index >= 15 is 0 Å². The Bertz CT molecular complexity index is 359. The Labute approximate surface area is 114 Å². The molecule has 3 heteroatoms. The number of unbranched alkanes of at least 4 members (excludes halogenated alkanes) is 1. The van der Waals surface area contributed by atoms with E-state index in [1.54, 1.807) is 0 Å². The van der Waals surface area contributed by atoms with Gasteiger partial charge in [0.2, 0.25) is 0 Å². The molecule has 0 fully saturated rings. The van der Waals surface area contributed by atoms with Crippen molar-refractivity contribution in [3.63, 3.8) is 0 Å². The normalized spacial score (nSPS) is 14.4. The number of hydrogen-bond donors (Lipinski definition) is 1. The standard InChI is InChI=1S/C16H24F2O/c1-3-5-6-12(4-2)9-16(19)10-13-7-14(17)11-15(18)8-13/h7-8,11-12,16,19H,3-6,9-10H2,1-2H3. The lowest BCUT2D eigenvalue weighted by molar-refractivity contribution is 0.137. The van der Waals surface area contributed by atoms with E-state index in [0.29, 0.717) is 24.3 Å². The molecule has 0 radical (unpaired) electrons. The fourth-order valence-corrected chi connectivity index (χ4v) is 2.45. The Kier molecular flexibility index (Phi) is 7.00. The van der Waals surface area contributed by atoms with Gasteiger partial charge in [-0.3, -0.25) is 0 Å². The van der Waals surface area contributed by atoms with Crippen molar-refractivity contribution < 1.29 is 13.9 Å². The second-order valence-corrected chi connectivity index (χ2v) is 5.29. The molecular formula is C16H24F2O. The molecule has 0 aromatic heterocycles. The summed E-state index contributed by atoms with van der Waals surface area (Å²) >= 11 is 0. The van der Waals surface area contributed by atoms with Gasteiger partial charge in [-0.25, -0.2) is 8.78 Å². The summed E-state index contributed by atoms with van der Waals surface area (Å²) in [5.41, 5.74) is 0.523. The van der Waals surface area contributed by atoms with Crippen LogP contribution in [0.4, 0.5) is 8.78 Å². The summed E-state index contributed by atoms with van der Waals surface area (Å²) in [4.78, 5) is 0. The third-order valence-electron chi connectivity index (χ3n) is 3.54. The van der Waals surface area contributed by atoms with Crippen LogP contribution in [0.25, 0.3) is 0 Å². The number of rotatable bonds is 8. The highest BCUT2D eigenvalue weighted by Crippen LogP contribution is 2.20. The van der Waals surface area contributed by atoms with Gasteiger partial charge < -0.3 is 5.11 Å². The lowest BCUT2D eigenvalue weighted by atomic mass is 9.91. The zero-order chi connectivity index (χ0) is 14.3. The summed E-state index contributed by atoms with van der Waals surface area (Å²) in [5, 5.41) is 10.0. The van der Waals surface area contributed by atoms with Gasteiger partial charge in [-0.1, -0.05) is 39.5 Å². The van der Waals surface area contributed by atoms with Crippen molar-refractivity contribution in [1.29, 1.82) is 0 Å². The Hall–Kier alpha value is -0.960. The monoisotopic (exact) mass is 270 g/mol. The summed E-state index contributed by atoms with van der Waals surface area (Å²) in [7, 11) is 0. The van der Waals surface area contributed by atoms with Crippen LogP contribution in [0.5, 0.6) is 0 Å². The molecule has 1 aromatic rings. The maximum atomic E-state index is 13.1. The maximum Gasteiger partial charge on any atom is 0.126 e. The SMILES string of the molecule is CCCCC(CC)CC(O)Cc1cc(F)cc(F)c1. The van der Waals surface area contributed by atoms with Gasteiger partial charge in [0.15, 0.2) is 0 Å².